The molecule has 1 unspecified atom stereocenters. The highest BCUT2D eigenvalue weighted by Gasteiger charge is 2.17. The Morgan fingerprint density at radius 1 is 0.871 bits per heavy atom. The fourth-order valence-electron chi connectivity index (χ4n) is 3.08. The van der Waals surface area contributed by atoms with Crippen LogP contribution in [0.4, 0.5) is 5.69 Å². The quantitative estimate of drug-likeness (QED) is 0.436. The molecule has 0 aliphatic rings. The Bertz CT molecular complexity index is 1070. The van der Waals surface area contributed by atoms with Gasteiger partial charge in [0, 0.05) is 5.56 Å². The number of carbonyl (C=O) groups excluding carboxylic acids is 2. The molecule has 0 bridgehead atoms. The lowest BCUT2D eigenvalue weighted by Crippen LogP contribution is -2.28. The summed E-state index contributed by atoms with van der Waals surface area (Å²) in [5.74, 6) is 0.100. The summed E-state index contributed by atoms with van der Waals surface area (Å²) in [5.41, 5.74) is 2.31. The van der Waals surface area contributed by atoms with E-state index in [0.29, 0.717) is 27.0 Å². The highest BCUT2D eigenvalue weighted by molar-refractivity contribution is 9.10. The topological polar surface area (TPSA) is 67.4 Å². The number of halogens is 1. The first kappa shape index (κ1) is 22.6. The van der Waals surface area contributed by atoms with Gasteiger partial charge in [0.15, 0.2) is 0 Å². The van der Waals surface area contributed by atoms with Crippen LogP contribution in [0.2, 0.25) is 0 Å². The highest BCUT2D eigenvalue weighted by atomic mass is 79.9. The number of hydrogen-bond donors (Lipinski definition) is 2. The molecule has 3 aromatic carbocycles. The predicted octanol–water partition coefficient (Wildman–Crippen LogP) is 5.98. The summed E-state index contributed by atoms with van der Waals surface area (Å²) in [4.78, 5) is 25.7. The van der Waals surface area contributed by atoms with Crippen molar-refractivity contribution in [1.29, 1.82) is 0 Å². The van der Waals surface area contributed by atoms with Crippen molar-refractivity contribution in [2.75, 3.05) is 5.32 Å². The Morgan fingerprint density at radius 2 is 1.55 bits per heavy atom. The van der Waals surface area contributed by atoms with Crippen molar-refractivity contribution in [2.45, 2.75) is 32.9 Å². The lowest BCUT2D eigenvalue weighted by atomic mass is 10.1. The molecule has 3 rings (SSSR count). The molecule has 31 heavy (non-hydrogen) atoms. The number of amides is 2. The third kappa shape index (κ3) is 5.95. The Balaban J connectivity index is 1.75. The van der Waals surface area contributed by atoms with Crippen molar-refractivity contribution in [1.82, 2.24) is 5.32 Å². The molecule has 0 heterocycles. The van der Waals surface area contributed by atoms with Crippen LogP contribution in [0.3, 0.4) is 0 Å². The van der Waals surface area contributed by atoms with Crippen LogP contribution in [0, 0.1) is 0 Å². The Morgan fingerprint density at radius 3 is 2.23 bits per heavy atom. The Hall–Kier alpha value is -3.12. The molecule has 2 amide bonds. The fourth-order valence-corrected chi connectivity index (χ4v) is 3.55. The van der Waals surface area contributed by atoms with Gasteiger partial charge in [-0.05, 0) is 72.6 Å². The molecule has 0 spiro atoms. The van der Waals surface area contributed by atoms with Crippen LogP contribution in [0.15, 0.2) is 77.3 Å². The van der Waals surface area contributed by atoms with Crippen LogP contribution in [-0.2, 0) is 0 Å². The molecule has 6 heteroatoms. The van der Waals surface area contributed by atoms with Crippen LogP contribution in [0.25, 0.3) is 0 Å². The van der Waals surface area contributed by atoms with Crippen molar-refractivity contribution in [3.8, 4) is 5.75 Å². The van der Waals surface area contributed by atoms with E-state index in [4.69, 9.17) is 4.74 Å². The highest BCUT2D eigenvalue weighted by Crippen LogP contribution is 2.27. The average Bonchev–Trinajstić information content (AvgIpc) is 2.75. The number of para-hydroxylation sites is 1. The maximum Gasteiger partial charge on any atom is 0.255 e. The van der Waals surface area contributed by atoms with Gasteiger partial charge in [-0.25, -0.2) is 0 Å². The maximum absolute atomic E-state index is 12.9. The molecule has 0 aliphatic carbocycles. The van der Waals surface area contributed by atoms with Crippen LogP contribution < -0.4 is 15.4 Å². The van der Waals surface area contributed by atoms with E-state index in [-0.39, 0.29) is 24.0 Å². The van der Waals surface area contributed by atoms with Gasteiger partial charge in [0.2, 0.25) is 0 Å². The first-order chi connectivity index (χ1) is 14.8. The lowest BCUT2D eigenvalue weighted by Gasteiger charge is -2.17. The second kappa shape index (κ2) is 10.3. The molecule has 0 saturated heterocycles. The molecule has 0 fully saturated rings. The number of nitrogens with one attached hydrogen (secondary N) is 2. The summed E-state index contributed by atoms with van der Waals surface area (Å²) < 4.78 is 6.38. The van der Waals surface area contributed by atoms with Crippen molar-refractivity contribution in [3.05, 3.63) is 94.0 Å². The standard InChI is InChI=1S/C25H25BrN2O3/c1-16(2)31-23-14-13-19(15-21(23)26)24(29)28-22-12-8-7-11-20(22)25(30)27-17(3)18-9-5-4-6-10-18/h4-17H,1-3H3,(H,27,30)(H,28,29). The zero-order valence-corrected chi connectivity index (χ0v) is 19.3. The van der Waals surface area contributed by atoms with E-state index in [1.165, 1.54) is 0 Å². The SMILES string of the molecule is CC(C)Oc1ccc(C(=O)Nc2ccccc2C(=O)NC(C)c2ccccc2)cc1Br. The van der Waals surface area contributed by atoms with Gasteiger partial charge < -0.3 is 15.4 Å². The summed E-state index contributed by atoms with van der Waals surface area (Å²) in [5, 5.41) is 5.83. The number of benzene rings is 3. The minimum Gasteiger partial charge on any atom is -0.490 e. The third-order valence-electron chi connectivity index (χ3n) is 4.62. The molecule has 0 aliphatic heterocycles. The Kier molecular flexibility index (Phi) is 7.47. The van der Waals surface area contributed by atoms with E-state index in [0.717, 1.165) is 5.56 Å². The van der Waals surface area contributed by atoms with Crippen LogP contribution >= 0.6 is 15.9 Å². The van der Waals surface area contributed by atoms with E-state index >= 15 is 0 Å². The van der Waals surface area contributed by atoms with E-state index in [9.17, 15) is 9.59 Å². The lowest BCUT2D eigenvalue weighted by molar-refractivity contribution is 0.0940. The molecular formula is C25H25BrN2O3. The van der Waals surface area contributed by atoms with Gasteiger partial charge in [0.05, 0.1) is 27.9 Å². The number of hydrogen-bond acceptors (Lipinski definition) is 3. The summed E-state index contributed by atoms with van der Waals surface area (Å²) in [7, 11) is 0. The summed E-state index contributed by atoms with van der Waals surface area (Å²) in [6, 6.07) is 21.7. The zero-order valence-electron chi connectivity index (χ0n) is 17.7. The molecule has 1 atom stereocenters. The van der Waals surface area contributed by atoms with Crippen LogP contribution in [0.5, 0.6) is 5.75 Å². The normalized spacial score (nSPS) is 11.6. The van der Waals surface area contributed by atoms with Crippen molar-refractivity contribution >= 4 is 33.4 Å². The second-order valence-corrected chi connectivity index (χ2v) is 8.27. The second-order valence-electron chi connectivity index (χ2n) is 7.42. The van der Waals surface area contributed by atoms with Gasteiger partial charge in [-0.2, -0.15) is 0 Å². The largest absolute Gasteiger partial charge is 0.490 e. The minimum atomic E-state index is -0.312. The average molecular weight is 481 g/mol. The number of rotatable bonds is 7. The Labute approximate surface area is 191 Å². The van der Waals surface area contributed by atoms with E-state index in [1.807, 2.05) is 51.1 Å². The smallest absolute Gasteiger partial charge is 0.255 e. The van der Waals surface area contributed by atoms with Gasteiger partial charge >= 0.3 is 0 Å². The summed E-state index contributed by atoms with van der Waals surface area (Å²) in [6.07, 6.45) is 0.0274. The molecule has 5 nitrogen and oxygen atoms in total. The van der Waals surface area contributed by atoms with Crippen LogP contribution in [0.1, 0.15) is 53.1 Å². The maximum atomic E-state index is 12.9. The fraction of sp³-hybridized carbons (Fsp3) is 0.200. The first-order valence-corrected chi connectivity index (χ1v) is 10.9. The van der Waals surface area contributed by atoms with Crippen molar-refractivity contribution < 1.29 is 14.3 Å². The summed E-state index contributed by atoms with van der Waals surface area (Å²) >= 11 is 3.45. The van der Waals surface area contributed by atoms with Gasteiger partial charge in [0.25, 0.3) is 11.8 Å². The molecule has 2 N–H and O–H groups in total. The number of anilines is 1. The minimum absolute atomic E-state index is 0.0274. The molecule has 160 valence electrons. The van der Waals surface area contributed by atoms with E-state index in [2.05, 4.69) is 26.6 Å². The van der Waals surface area contributed by atoms with Crippen molar-refractivity contribution in [3.63, 3.8) is 0 Å². The van der Waals surface area contributed by atoms with Gasteiger partial charge in [-0.3, -0.25) is 9.59 Å². The molecule has 0 aromatic heterocycles. The third-order valence-corrected chi connectivity index (χ3v) is 5.24. The molecular weight excluding hydrogens is 456 g/mol. The van der Waals surface area contributed by atoms with Gasteiger partial charge in [0.1, 0.15) is 5.75 Å². The first-order valence-electron chi connectivity index (χ1n) is 10.1. The van der Waals surface area contributed by atoms with Crippen molar-refractivity contribution in [2.24, 2.45) is 0 Å². The van der Waals surface area contributed by atoms with Gasteiger partial charge in [-0.1, -0.05) is 42.5 Å². The zero-order chi connectivity index (χ0) is 22.4. The monoisotopic (exact) mass is 480 g/mol. The van der Waals surface area contributed by atoms with E-state index < -0.39 is 0 Å². The summed E-state index contributed by atoms with van der Waals surface area (Å²) in [6.45, 7) is 5.80. The number of ether oxygens (including phenoxy) is 1. The van der Waals surface area contributed by atoms with Crippen LogP contribution in [-0.4, -0.2) is 17.9 Å². The van der Waals surface area contributed by atoms with E-state index in [1.54, 1.807) is 42.5 Å². The molecule has 0 radical (unpaired) electrons. The van der Waals surface area contributed by atoms with Gasteiger partial charge in [-0.15, -0.1) is 0 Å². The number of carbonyl (C=O) groups is 2. The molecule has 0 saturated carbocycles. The molecule has 3 aromatic rings. The predicted molar refractivity (Wildman–Crippen MR) is 127 cm³/mol.